The van der Waals surface area contributed by atoms with Gasteiger partial charge in [-0.1, -0.05) is 23.7 Å². The predicted octanol–water partition coefficient (Wildman–Crippen LogP) is 4.17. The second-order valence-corrected chi connectivity index (χ2v) is 8.30. The zero-order valence-corrected chi connectivity index (χ0v) is 17.1. The van der Waals surface area contributed by atoms with Gasteiger partial charge in [0.05, 0.1) is 27.2 Å². The van der Waals surface area contributed by atoms with Gasteiger partial charge in [0, 0.05) is 24.9 Å². The molecule has 0 aliphatic rings. The van der Waals surface area contributed by atoms with Gasteiger partial charge in [-0.15, -0.1) is 11.3 Å². The highest BCUT2D eigenvalue weighted by atomic mass is 35.5. The Kier molecular flexibility index (Phi) is 4.41. The first kappa shape index (κ1) is 18.0. The first-order valence-electron chi connectivity index (χ1n) is 9.13. The molecule has 3 aromatic heterocycles. The molecule has 5 aromatic rings. The number of thiazole rings is 1. The molecule has 0 spiro atoms. The zero-order chi connectivity index (χ0) is 20.0. The molecule has 0 saturated heterocycles. The normalized spacial score (nSPS) is 11.5. The van der Waals surface area contributed by atoms with Crippen molar-refractivity contribution in [1.82, 2.24) is 24.1 Å². The molecular weight excluding hydrogens is 406 g/mol. The van der Waals surface area contributed by atoms with E-state index in [1.807, 2.05) is 37.4 Å². The van der Waals surface area contributed by atoms with Crippen molar-refractivity contribution in [2.24, 2.45) is 7.05 Å². The van der Waals surface area contributed by atoms with Gasteiger partial charge in [-0.2, -0.15) is 0 Å². The molecule has 144 valence electrons. The lowest BCUT2D eigenvalue weighted by molar-refractivity contribution is 0.778. The maximum absolute atomic E-state index is 13.2. The van der Waals surface area contributed by atoms with E-state index in [1.165, 1.54) is 0 Å². The van der Waals surface area contributed by atoms with E-state index in [4.69, 9.17) is 21.6 Å². The third-order valence-corrected chi connectivity index (χ3v) is 6.14. The Balaban J connectivity index is 1.60. The second kappa shape index (κ2) is 7.09. The first-order chi connectivity index (χ1) is 14.1. The second-order valence-electron chi connectivity index (χ2n) is 6.75. The predicted molar refractivity (Wildman–Crippen MR) is 116 cm³/mol. The Hall–Kier alpha value is -3.03. The van der Waals surface area contributed by atoms with Crippen LogP contribution in [0.25, 0.3) is 27.1 Å². The number of imidazole rings is 1. The van der Waals surface area contributed by atoms with Gasteiger partial charge in [-0.05, 0) is 36.4 Å². The minimum atomic E-state index is -0.183. The molecule has 3 heterocycles. The Labute approximate surface area is 175 Å². The SMILES string of the molecule is Cn1cnc2c(=O)n(-c3ccc(Cl)cc3)c(CCc3nc4ccccc4s3)nc21. The minimum absolute atomic E-state index is 0.183. The molecule has 2 aromatic carbocycles. The number of rotatable bonds is 4. The monoisotopic (exact) mass is 421 g/mol. The van der Waals surface area contributed by atoms with Gasteiger partial charge in [0.1, 0.15) is 5.82 Å². The smallest absolute Gasteiger partial charge is 0.286 e. The van der Waals surface area contributed by atoms with E-state index in [1.54, 1.807) is 38.9 Å². The van der Waals surface area contributed by atoms with Crippen molar-refractivity contribution in [3.8, 4) is 5.69 Å². The van der Waals surface area contributed by atoms with Crippen LogP contribution in [0.4, 0.5) is 0 Å². The minimum Gasteiger partial charge on any atom is -0.318 e. The van der Waals surface area contributed by atoms with Crippen molar-refractivity contribution in [1.29, 1.82) is 0 Å². The van der Waals surface area contributed by atoms with Crippen LogP contribution in [0.1, 0.15) is 10.8 Å². The molecule has 5 rings (SSSR count). The van der Waals surface area contributed by atoms with Gasteiger partial charge in [0.2, 0.25) is 0 Å². The lowest BCUT2D eigenvalue weighted by Crippen LogP contribution is -2.24. The number of hydrogen-bond acceptors (Lipinski definition) is 5. The maximum Gasteiger partial charge on any atom is 0.286 e. The molecule has 0 radical (unpaired) electrons. The summed E-state index contributed by atoms with van der Waals surface area (Å²) in [5, 5.41) is 1.64. The van der Waals surface area contributed by atoms with Gasteiger partial charge in [-0.3, -0.25) is 9.36 Å². The van der Waals surface area contributed by atoms with Crippen molar-refractivity contribution >= 4 is 44.3 Å². The van der Waals surface area contributed by atoms with E-state index in [-0.39, 0.29) is 5.56 Å². The summed E-state index contributed by atoms with van der Waals surface area (Å²) < 4.78 is 4.55. The molecule has 0 bridgehead atoms. The molecule has 6 nitrogen and oxygen atoms in total. The molecule has 0 amide bonds. The lowest BCUT2D eigenvalue weighted by Gasteiger charge is -2.12. The van der Waals surface area contributed by atoms with E-state index in [9.17, 15) is 4.79 Å². The van der Waals surface area contributed by atoms with Crippen LogP contribution < -0.4 is 5.56 Å². The van der Waals surface area contributed by atoms with Crippen LogP contribution in [0, 0.1) is 0 Å². The average Bonchev–Trinajstić information content (AvgIpc) is 3.31. The fraction of sp³-hybridized carbons (Fsp3) is 0.143. The summed E-state index contributed by atoms with van der Waals surface area (Å²) in [4.78, 5) is 26.9. The number of hydrogen-bond donors (Lipinski definition) is 0. The van der Waals surface area contributed by atoms with Crippen molar-refractivity contribution in [2.45, 2.75) is 12.8 Å². The number of para-hydroxylation sites is 1. The molecule has 29 heavy (non-hydrogen) atoms. The number of nitrogens with zero attached hydrogens (tertiary/aromatic N) is 5. The van der Waals surface area contributed by atoms with Crippen LogP contribution in [0.5, 0.6) is 0 Å². The third-order valence-electron chi connectivity index (χ3n) is 4.79. The Bertz CT molecular complexity index is 1370. The van der Waals surface area contributed by atoms with E-state index in [0.717, 1.165) is 20.9 Å². The number of aryl methyl sites for hydroxylation is 3. The molecule has 0 atom stereocenters. The highest BCUT2D eigenvalue weighted by molar-refractivity contribution is 7.18. The number of benzene rings is 2. The van der Waals surface area contributed by atoms with Crippen molar-refractivity contribution in [3.63, 3.8) is 0 Å². The largest absolute Gasteiger partial charge is 0.318 e. The topological polar surface area (TPSA) is 65.6 Å². The highest BCUT2D eigenvalue weighted by Crippen LogP contribution is 2.23. The summed E-state index contributed by atoms with van der Waals surface area (Å²) in [6.45, 7) is 0. The lowest BCUT2D eigenvalue weighted by atomic mass is 10.2. The number of fused-ring (bicyclic) bond motifs is 2. The maximum atomic E-state index is 13.2. The van der Waals surface area contributed by atoms with Crippen LogP contribution >= 0.6 is 22.9 Å². The van der Waals surface area contributed by atoms with Crippen LogP contribution in [0.2, 0.25) is 5.02 Å². The molecule has 0 N–H and O–H groups in total. The van der Waals surface area contributed by atoms with Crippen LogP contribution in [0.3, 0.4) is 0 Å². The molecule has 8 heteroatoms. The Morgan fingerprint density at radius 2 is 1.83 bits per heavy atom. The third kappa shape index (κ3) is 3.22. The van der Waals surface area contributed by atoms with Crippen molar-refractivity contribution < 1.29 is 0 Å². The molecule has 0 aliphatic heterocycles. The van der Waals surface area contributed by atoms with Gasteiger partial charge < -0.3 is 4.57 Å². The summed E-state index contributed by atoms with van der Waals surface area (Å²) >= 11 is 7.70. The standard InChI is InChI=1S/C21H16ClN5OS/c1-26-12-23-19-20(26)25-17(27(21(19)28)14-8-6-13(22)7-9-14)10-11-18-24-15-4-2-3-5-16(15)29-18/h2-9,12H,10-11H2,1H3. The highest BCUT2D eigenvalue weighted by Gasteiger charge is 2.16. The van der Waals surface area contributed by atoms with Crippen LogP contribution in [-0.4, -0.2) is 24.1 Å². The Morgan fingerprint density at radius 3 is 2.62 bits per heavy atom. The fourth-order valence-corrected chi connectivity index (χ4v) is 4.46. The molecule has 0 fully saturated rings. The van der Waals surface area contributed by atoms with E-state index in [0.29, 0.717) is 34.9 Å². The summed E-state index contributed by atoms with van der Waals surface area (Å²) in [5.41, 5.74) is 2.47. The van der Waals surface area contributed by atoms with Crippen LogP contribution in [-0.2, 0) is 19.9 Å². The van der Waals surface area contributed by atoms with E-state index in [2.05, 4.69) is 11.1 Å². The summed E-state index contributed by atoms with van der Waals surface area (Å²) in [5.74, 6) is 0.674. The molecule has 0 unspecified atom stereocenters. The van der Waals surface area contributed by atoms with Gasteiger partial charge in [0.15, 0.2) is 11.2 Å². The Morgan fingerprint density at radius 1 is 1.03 bits per heavy atom. The summed E-state index contributed by atoms with van der Waals surface area (Å²) in [7, 11) is 1.84. The van der Waals surface area contributed by atoms with Crippen LogP contribution in [0.15, 0.2) is 59.7 Å². The van der Waals surface area contributed by atoms with Gasteiger partial charge >= 0.3 is 0 Å². The van der Waals surface area contributed by atoms with Gasteiger partial charge in [0.25, 0.3) is 5.56 Å². The van der Waals surface area contributed by atoms with Crippen molar-refractivity contribution in [3.05, 3.63) is 81.1 Å². The first-order valence-corrected chi connectivity index (χ1v) is 10.3. The average molecular weight is 422 g/mol. The molecule has 0 saturated carbocycles. The van der Waals surface area contributed by atoms with E-state index < -0.39 is 0 Å². The van der Waals surface area contributed by atoms with E-state index >= 15 is 0 Å². The van der Waals surface area contributed by atoms with Gasteiger partial charge in [-0.25, -0.2) is 15.0 Å². The quantitative estimate of drug-likeness (QED) is 0.437. The zero-order valence-electron chi connectivity index (χ0n) is 15.5. The summed E-state index contributed by atoms with van der Waals surface area (Å²) in [6, 6.07) is 15.3. The number of aromatic nitrogens is 5. The fourth-order valence-electron chi connectivity index (χ4n) is 3.37. The molecular formula is C21H16ClN5OS. The summed E-state index contributed by atoms with van der Waals surface area (Å²) in [6.07, 6.45) is 2.89. The number of halogens is 1. The molecule has 0 aliphatic carbocycles. The van der Waals surface area contributed by atoms with Crippen molar-refractivity contribution in [2.75, 3.05) is 0 Å².